The van der Waals surface area contributed by atoms with Crippen molar-refractivity contribution in [2.75, 3.05) is 0 Å². The molecule has 0 bridgehead atoms. The highest BCUT2D eigenvalue weighted by Gasteiger charge is 2.60. The molecule has 0 unspecified atom stereocenters. The first-order valence-electron chi connectivity index (χ1n) is 10.4. The number of aromatic amines is 2. The molecule has 3 aromatic heterocycles. The number of halogens is 2. The van der Waals surface area contributed by atoms with E-state index < -0.39 is 11.3 Å². The van der Waals surface area contributed by atoms with E-state index in [1.807, 2.05) is 0 Å². The average molecular weight is 436 g/mol. The van der Waals surface area contributed by atoms with Crippen LogP contribution in [0.2, 0.25) is 0 Å². The van der Waals surface area contributed by atoms with E-state index in [-0.39, 0.29) is 35.7 Å². The third-order valence-electron chi connectivity index (χ3n) is 6.49. The Bertz CT molecular complexity index is 1410. The molecule has 0 aliphatic heterocycles. The van der Waals surface area contributed by atoms with Crippen LogP contribution in [0.15, 0.2) is 41.6 Å². The highest BCUT2D eigenvalue weighted by Crippen LogP contribution is 2.56. The van der Waals surface area contributed by atoms with Crippen molar-refractivity contribution in [3.63, 3.8) is 0 Å². The molecule has 1 aromatic carbocycles. The Morgan fingerprint density at radius 3 is 2.69 bits per heavy atom. The zero-order chi connectivity index (χ0) is 22.1. The largest absolute Gasteiger partial charge is 0.331 e. The summed E-state index contributed by atoms with van der Waals surface area (Å²) in [6.45, 7) is 0. The number of aldehydes is 1. The van der Waals surface area contributed by atoms with Crippen molar-refractivity contribution in [3.05, 3.63) is 69.9 Å². The summed E-state index contributed by atoms with van der Waals surface area (Å²) in [6.07, 6.45) is 4.85. The van der Waals surface area contributed by atoms with Gasteiger partial charge in [0.25, 0.3) is 11.5 Å². The van der Waals surface area contributed by atoms with Gasteiger partial charge in [0.1, 0.15) is 17.7 Å². The molecule has 2 fully saturated rings. The summed E-state index contributed by atoms with van der Waals surface area (Å²) in [7, 11) is 0. The summed E-state index contributed by atoms with van der Waals surface area (Å²) in [6, 6.07) is 7.03. The van der Waals surface area contributed by atoms with Gasteiger partial charge in [-0.1, -0.05) is 12.1 Å². The maximum absolute atomic E-state index is 14.0. The summed E-state index contributed by atoms with van der Waals surface area (Å²) >= 11 is 0. The number of benzene rings is 1. The Hall–Kier alpha value is -3.69. The van der Waals surface area contributed by atoms with E-state index in [1.165, 1.54) is 10.9 Å². The van der Waals surface area contributed by atoms with Crippen LogP contribution >= 0.6 is 0 Å². The van der Waals surface area contributed by atoms with E-state index in [0.29, 0.717) is 28.9 Å². The fourth-order valence-corrected chi connectivity index (χ4v) is 4.80. The SMILES string of the molecule is O=Cc1nc2c(C3CC3)cn(-c3cccc(C4(c5ncn[nH]5)CC(F)(F)C4)c3)c(=O)c2[nH]1. The van der Waals surface area contributed by atoms with Crippen LogP contribution in [0.5, 0.6) is 0 Å². The Morgan fingerprint density at radius 2 is 2.03 bits per heavy atom. The normalized spacial score (nSPS) is 19.1. The molecule has 0 atom stereocenters. The number of carbonyl (C=O) groups excluding carboxylic acids is 1. The van der Waals surface area contributed by atoms with Crippen molar-refractivity contribution in [3.8, 4) is 5.69 Å². The van der Waals surface area contributed by atoms with Gasteiger partial charge in [-0.25, -0.2) is 18.7 Å². The number of imidazole rings is 1. The Balaban J connectivity index is 1.52. The summed E-state index contributed by atoms with van der Waals surface area (Å²) in [4.78, 5) is 35.7. The van der Waals surface area contributed by atoms with Crippen molar-refractivity contribution < 1.29 is 13.6 Å². The van der Waals surface area contributed by atoms with Gasteiger partial charge in [0.15, 0.2) is 12.1 Å². The molecule has 6 rings (SSSR count). The van der Waals surface area contributed by atoms with Crippen LogP contribution in [0.25, 0.3) is 16.7 Å². The highest BCUT2D eigenvalue weighted by molar-refractivity contribution is 5.84. The summed E-state index contributed by atoms with van der Waals surface area (Å²) in [5, 5.41) is 6.59. The molecule has 32 heavy (non-hydrogen) atoms. The smallest absolute Gasteiger partial charge is 0.281 e. The monoisotopic (exact) mass is 436 g/mol. The highest BCUT2D eigenvalue weighted by atomic mass is 19.3. The summed E-state index contributed by atoms with van der Waals surface area (Å²) in [5.41, 5.74) is 1.51. The van der Waals surface area contributed by atoms with E-state index in [1.54, 1.807) is 30.5 Å². The third-order valence-corrected chi connectivity index (χ3v) is 6.49. The minimum absolute atomic E-state index is 0.103. The number of aromatic nitrogens is 6. The first kappa shape index (κ1) is 19.0. The fourth-order valence-electron chi connectivity index (χ4n) is 4.80. The zero-order valence-electron chi connectivity index (χ0n) is 16.8. The number of hydrogen-bond donors (Lipinski definition) is 2. The molecule has 2 aliphatic carbocycles. The van der Waals surface area contributed by atoms with Crippen LogP contribution in [-0.2, 0) is 5.41 Å². The van der Waals surface area contributed by atoms with Gasteiger partial charge in [0.05, 0.1) is 10.9 Å². The van der Waals surface area contributed by atoms with E-state index in [0.717, 1.165) is 18.4 Å². The summed E-state index contributed by atoms with van der Waals surface area (Å²) in [5.74, 6) is -2.03. The molecule has 0 amide bonds. The predicted molar refractivity (Wildman–Crippen MR) is 110 cm³/mol. The number of rotatable bonds is 5. The molecule has 2 saturated carbocycles. The molecule has 162 valence electrons. The van der Waals surface area contributed by atoms with E-state index in [9.17, 15) is 18.4 Å². The lowest BCUT2D eigenvalue weighted by molar-refractivity contribution is -0.116. The number of nitrogens with one attached hydrogen (secondary N) is 2. The topological polar surface area (TPSA) is 109 Å². The predicted octanol–water partition coefficient (Wildman–Crippen LogP) is 3.24. The molecule has 0 radical (unpaired) electrons. The van der Waals surface area contributed by atoms with Crippen molar-refractivity contribution >= 4 is 17.3 Å². The first-order chi connectivity index (χ1) is 15.4. The van der Waals surface area contributed by atoms with Crippen LogP contribution in [-0.4, -0.2) is 41.9 Å². The van der Waals surface area contributed by atoms with Crippen LogP contribution in [0.3, 0.4) is 0 Å². The first-order valence-corrected chi connectivity index (χ1v) is 10.4. The second-order valence-corrected chi connectivity index (χ2v) is 8.67. The maximum atomic E-state index is 14.0. The Morgan fingerprint density at radius 1 is 1.22 bits per heavy atom. The second-order valence-electron chi connectivity index (χ2n) is 8.67. The average Bonchev–Trinajstić information content (AvgIpc) is 3.27. The number of hydrogen-bond acceptors (Lipinski definition) is 5. The number of fused-ring (bicyclic) bond motifs is 1. The van der Waals surface area contributed by atoms with Crippen molar-refractivity contribution in [2.24, 2.45) is 0 Å². The van der Waals surface area contributed by atoms with Gasteiger partial charge in [-0.3, -0.25) is 19.3 Å². The van der Waals surface area contributed by atoms with Gasteiger partial charge < -0.3 is 4.98 Å². The number of pyridine rings is 1. The van der Waals surface area contributed by atoms with Gasteiger partial charge in [-0.05, 0) is 36.5 Å². The Labute approximate surface area is 179 Å². The molecule has 2 N–H and O–H groups in total. The second kappa shape index (κ2) is 6.41. The minimum Gasteiger partial charge on any atom is -0.331 e. The molecule has 3 heterocycles. The van der Waals surface area contributed by atoms with E-state index >= 15 is 0 Å². The van der Waals surface area contributed by atoms with Crippen molar-refractivity contribution in [1.82, 2.24) is 29.7 Å². The lowest BCUT2D eigenvalue weighted by atomic mass is 9.61. The molecule has 0 spiro atoms. The maximum Gasteiger partial charge on any atom is 0.281 e. The van der Waals surface area contributed by atoms with Gasteiger partial charge in [0, 0.05) is 30.3 Å². The lowest BCUT2D eigenvalue weighted by Gasteiger charge is -2.46. The zero-order valence-corrected chi connectivity index (χ0v) is 16.8. The van der Waals surface area contributed by atoms with Crippen molar-refractivity contribution in [1.29, 1.82) is 0 Å². The van der Waals surface area contributed by atoms with Crippen molar-refractivity contribution in [2.45, 2.75) is 42.9 Å². The number of H-pyrrole nitrogens is 2. The molecular formula is C22H18F2N6O2. The number of alkyl halides is 2. The summed E-state index contributed by atoms with van der Waals surface area (Å²) < 4.78 is 29.5. The fraction of sp³-hybridized carbons (Fsp3) is 0.318. The standard InChI is InChI=1S/C22H18F2N6O2/c23-22(24)9-21(10-22,20-25-11-26-29-20)13-2-1-3-14(6-13)30-7-15(12-4-5-12)17-18(19(30)32)28-16(8-31)27-17/h1-3,6-8,11-12H,4-5,9-10H2,(H,27,28)(H,25,26,29). The number of carbonyl (C=O) groups is 1. The molecule has 10 heteroatoms. The van der Waals surface area contributed by atoms with Gasteiger partial charge in [0.2, 0.25) is 0 Å². The van der Waals surface area contributed by atoms with Crippen LogP contribution in [0.4, 0.5) is 8.78 Å². The quantitative estimate of drug-likeness (QED) is 0.467. The van der Waals surface area contributed by atoms with Crippen LogP contribution in [0.1, 0.15) is 59.2 Å². The molecular weight excluding hydrogens is 418 g/mol. The van der Waals surface area contributed by atoms with E-state index in [4.69, 9.17) is 0 Å². The minimum atomic E-state index is -2.79. The van der Waals surface area contributed by atoms with Crippen LogP contribution < -0.4 is 5.56 Å². The van der Waals surface area contributed by atoms with Crippen LogP contribution in [0, 0.1) is 0 Å². The molecule has 8 nitrogen and oxygen atoms in total. The number of nitrogens with zero attached hydrogens (tertiary/aromatic N) is 4. The molecule has 4 aromatic rings. The van der Waals surface area contributed by atoms with Gasteiger partial charge in [-0.15, -0.1) is 0 Å². The Kier molecular flexibility index (Phi) is 3.81. The molecule has 2 aliphatic rings. The lowest BCUT2D eigenvalue weighted by Crippen LogP contribution is -2.50. The third kappa shape index (κ3) is 2.75. The van der Waals surface area contributed by atoms with E-state index in [2.05, 4.69) is 25.1 Å². The molecule has 0 saturated heterocycles. The van der Waals surface area contributed by atoms with Gasteiger partial charge in [-0.2, -0.15) is 5.10 Å². The van der Waals surface area contributed by atoms with Gasteiger partial charge >= 0.3 is 0 Å².